The summed E-state index contributed by atoms with van der Waals surface area (Å²) in [6, 6.07) is 19.0. The Bertz CT molecular complexity index is 1250. The van der Waals surface area contributed by atoms with E-state index < -0.39 is 10.0 Å². The first kappa shape index (κ1) is 22.4. The maximum absolute atomic E-state index is 13.5. The predicted molar refractivity (Wildman–Crippen MR) is 131 cm³/mol. The molecule has 2 aliphatic heterocycles. The standard InChI is InChI=1S/C25H27N3O3S2/c29-23(12-11-20-6-2-1-3-7-20)28-18-19-32-25(28)13-16-27(17-14-25)33(30,31)22-10-4-8-21-9-5-15-26-24(21)22/h1-10,15H,11-14,16-19H2. The van der Waals surface area contributed by atoms with Crippen molar-refractivity contribution in [1.29, 1.82) is 0 Å². The normalized spacial score (nSPS) is 18.7. The lowest BCUT2D eigenvalue weighted by molar-refractivity contribution is -0.134. The highest BCUT2D eigenvalue weighted by Crippen LogP contribution is 2.45. The van der Waals surface area contributed by atoms with E-state index in [0.717, 1.165) is 29.7 Å². The lowest BCUT2D eigenvalue weighted by Crippen LogP contribution is -2.53. The van der Waals surface area contributed by atoms with E-state index in [4.69, 9.17) is 0 Å². The van der Waals surface area contributed by atoms with Crippen LogP contribution in [-0.4, -0.2) is 58.8 Å². The molecule has 0 aliphatic carbocycles. The Labute approximate surface area is 199 Å². The molecule has 5 rings (SSSR count). The van der Waals surface area contributed by atoms with Crippen LogP contribution in [0.5, 0.6) is 0 Å². The highest BCUT2D eigenvalue weighted by atomic mass is 32.2. The average Bonchev–Trinajstić information content (AvgIpc) is 3.26. The summed E-state index contributed by atoms with van der Waals surface area (Å²) in [5.74, 6) is 1.07. The van der Waals surface area contributed by atoms with Crippen LogP contribution in [0, 0.1) is 0 Å². The maximum atomic E-state index is 13.5. The minimum absolute atomic E-state index is 0.165. The molecule has 3 heterocycles. The molecule has 0 bridgehead atoms. The first-order valence-corrected chi connectivity index (χ1v) is 13.7. The van der Waals surface area contributed by atoms with Gasteiger partial charge < -0.3 is 4.90 Å². The average molecular weight is 482 g/mol. The fraction of sp³-hybridized carbons (Fsp3) is 0.360. The van der Waals surface area contributed by atoms with Gasteiger partial charge in [-0.25, -0.2) is 8.42 Å². The van der Waals surface area contributed by atoms with Crippen molar-refractivity contribution < 1.29 is 13.2 Å². The van der Waals surface area contributed by atoms with Crippen molar-refractivity contribution in [3.8, 4) is 0 Å². The Morgan fingerprint density at radius 3 is 2.52 bits per heavy atom. The lowest BCUT2D eigenvalue weighted by Gasteiger charge is -2.43. The van der Waals surface area contributed by atoms with E-state index in [1.165, 1.54) is 0 Å². The Balaban J connectivity index is 1.29. The van der Waals surface area contributed by atoms with Crippen molar-refractivity contribution in [2.75, 3.05) is 25.4 Å². The Kier molecular flexibility index (Phi) is 6.16. The molecule has 3 aromatic rings. The van der Waals surface area contributed by atoms with E-state index in [2.05, 4.69) is 4.98 Å². The molecular formula is C25H27N3O3S2. The van der Waals surface area contributed by atoms with Crippen LogP contribution in [0.15, 0.2) is 71.8 Å². The number of pyridine rings is 1. The van der Waals surface area contributed by atoms with Crippen molar-refractivity contribution in [2.24, 2.45) is 0 Å². The molecule has 172 valence electrons. The van der Waals surface area contributed by atoms with Gasteiger partial charge in [0.25, 0.3) is 0 Å². The van der Waals surface area contributed by atoms with E-state index in [1.807, 2.05) is 53.4 Å². The van der Waals surface area contributed by atoms with Crippen LogP contribution < -0.4 is 0 Å². The molecule has 1 spiro atoms. The number of sulfonamides is 1. The van der Waals surface area contributed by atoms with Gasteiger partial charge in [0.05, 0.1) is 10.4 Å². The van der Waals surface area contributed by atoms with E-state index in [9.17, 15) is 13.2 Å². The van der Waals surface area contributed by atoms with Crippen LogP contribution in [0.3, 0.4) is 0 Å². The molecule has 0 saturated carbocycles. The van der Waals surface area contributed by atoms with Gasteiger partial charge >= 0.3 is 0 Å². The summed E-state index contributed by atoms with van der Waals surface area (Å²) in [6.07, 6.45) is 4.13. The fourth-order valence-electron chi connectivity index (χ4n) is 4.91. The molecule has 2 aromatic carbocycles. The van der Waals surface area contributed by atoms with Gasteiger partial charge in [0.2, 0.25) is 15.9 Å². The van der Waals surface area contributed by atoms with E-state index >= 15 is 0 Å². The minimum atomic E-state index is -3.66. The Hall–Kier alpha value is -2.42. The van der Waals surface area contributed by atoms with Gasteiger partial charge in [-0.15, -0.1) is 11.8 Å². The SMILES string of the molecule is O=C(CCc1ccccc1)N1CCSC12CCN(S(=O)(=O)c1cccc3cccnc13)CC2. The van der Waals surface area contributed by atoms with Gasteiger partial charge in [-0.1, -0.05) is 48.5 Å². The molecule has 0 unspecified atom stereocenters. The lowest BCUT2D eigenvalue weighted by atomic mass is 10.0. The number of piperidine rings is 1. The monoisotopic (exact) mass is 481 g/mol. The summed E-state index contributed by atoms with van der Waals surface area (Å²) in [7, 11) is -3.66. The zero-order chi connectivity index (χ0) is 22.9. The number of fused-ring (bicyclic) bond motifs is 1. The number of nitrogens with zero attached hydrogens (tertiary/aromatic N) is 3. The van der Waals surface area contributed by atoms with Crippen LogP contribution in [0.4, 0.5) is 0 Å². The molecule has 0 N–H and O–H groups in total. The number of hydrogen-bond acceptors (Lipinski definition) is 5. The van der Waals surface area contributed by atoms with Crippen LogP contribution in [0.1, 0.15) is 24.8 Å². The fourth-order valence-corrected chi connectivity index (χ4v) is 7.99. The number of rotatable bonds is 5. The Morgan fingerprint density at radius 1 is 0.970 bits per heavy atom. The molecule has 33 heavy (non-hydrogen) atoms. The van der Waals surface area contributed by atoms with Gasteiger partial charge in [0.1, 0.15) is 4.90 Å². The van der Waals surface area contributed by atoms with Gasteiger partial charge in [-0.2, -0.15) is 4.31 Å². The molecule has 2 aliphatic rings. The summed E-state index contributed by atoms with van der Waals surface area (Å²) in [4.78, 5) is 19.4. The molecular weight excluding hydrogens is 454 g/mol. The van der Waals surface area contributed by atoms with Gasteiger partial charge in [-0.3, -0.25) is 9.78 Å². The van der Waals surface area contributed by atoms with Crippen molar-refractivity contribution in [2.45, 2.75) is 35.4 Å². The number of aromatic nitrogens is 1. The first-order valence-electron chi connectivity index (χ1n) is 11.3. The second-order valence-electron chi connectivity index (χ2n) is 8.56. The minimum Gasteiger partial charge on any atom is -0.327 e. The Morgan fingerprint density at radius 2 is 1.73 bits per heavy atom. The molecule has 2 fully saturated rings. The number of aryl methyl sites for hydroxylation is 1. The number of carbonyl (C=O) groups is 1. The first-order chi connectivity index (χ1) is 16.0. The summed E-state index contributed by atoms with van der Waals surface area (Å²) < 4.78 is 28.5. The highest BCUT2D eigenvalue weighted by molar-refractivity contribution is 8.00. The molecule has 6 nitrogen and oxygen atoms in total. The third-order valence-electron chi connectivity index (χ3n) is 6.67. The number of thioether (sulfide) groups is 1. The number of carbonyl (C=O) groups excluding carboxylic acids is 1. The van der Waals surface area contributed by atoms with E-state index in [0.29, 0.717) is 37.9 Å². The van der Waals surface area contributed by atoms with Crippen LogP contribution in [0.25, 0.3) is 10.9 Å². The smallest absolute Gasteiger partial charge is 0.245 e. The van der Waals surface area contributed by atoms with Crippen molar-refractivity contribution in [3.63, 3.8) is 0 Å². The third-order valence-corrected chi connectivity index (χ3v) is 10.1. The topological polar surface area (TPSA) is 70.6 Å². The molecule has 2 saturated heterocycles. The van der Waals surface area contributed by atoms with Crippen LogP contribution >= 0.6 is 11.8 Å². The van der Waals surface area contributed by atoms with Gasteiger partial charge in [-0.05, 0) is 37.0 Å². The van der Waals surface area contributed by atoms with E-state index in [-0.39, 0.29) is 15.7 Å². The van der Waals surface area contributed by atoms with Crippen LogP contribution in [-0.2, 0) is 21.2 Å². The summed E-state index contributed by atoms with van der Waals surface area (Å²) in [6.45, 7) is 1.54. The van der Waals surface area contributed by atoms with Crippen molar-refractivity contribution in [3.05, 3.63) is 72.4 Å². The molecule has 1 aromatic heterocycles. The number of hydrogen-bond donors (Lipinski definition) is 0. The predicted octanol–water partition coefficient (Wildman–Crippen LogP) is 3.92. The quantitative estimate of drug-likeness (QED) is 0.552. The molecule has 8 heteroatoms. The van der Waals surface area contributed by atoms with Crippen molar-refractivity contribution in [1.82, 2.24) is 14.2 Å². The second-order valence-corrected chi connectivity index (χ2v) is 11.9. The summed E-state index contributed by atoms with van der Waals surface area (Å²) in [5.41, 5.74) is 1.67. The summed E-state index contributed by atoms with van der Waals surface area (Å²) >= 11 is 1.81. The number of para-hydroxylation sites is 1. The molecule has 1 amide bonds. The largest absolute Gasteiger partial charge is 0.327 e. The molecule has 0 atom stereocenters. The number of benzene rings is 2. The third kappa shape index (κ3) is 4.27. The van der Waals surface area contributed by atoms with Gasteiger partial charge in [0, 0.05) is 43.4 Å². The summed E-state index contributed by atoms with van der Waals surface area (Å²) in [5, 5.41) is 0.814. The second kappa shape index (κ2) is 9.08. The maximum Gasteiger partial charge on any atom is 0.245 e. The zero-order valence-electron chi connectivity index (χ0n) is 18.4. The van der Waals surface area contributed by atoms with Gasteiger partial charge in [0.15, 0.2) is 0 Å². The van der Waals surface area contributed by atoms with Crippen LogP contribution in [0.2, 0.25) is 0 Å². The van der Waals surface area contributed by atoms with E-state index in [1.54, 1.807) is 34.4 Å². The number of amides is 1. The highest BCUT2D eigenvalue weighted by Gasteiger charge is 2.47. The molecule has 0 radical (unpaired) electrons. The zero-order valence-corrected chi connectivity index (χ0v) is 20.0. The van der Waals surface area contributed by atoms with Crippen molar-refractivity contribution >= 4 is 38.6 Å².